The highest BCUT2D eigenvalue weighted by Crippen LogP contribution is 2.33. The van der Waals surface area contributed by atoms with E-state index in [1.165, 1.54) is 5.56 Å². The molecule has 0 N–H and O–H groups in total. The minimum Gasteiger partial charge on any atom is -0.493 e. The van der Waals surface area contributed by atoms with Crippen LogP contribution >= 0.6 is 15.9 Å². The maximum absolute atomic E-state index is 12.1. The first-order valence-corrected chi connectivity index (χ1v) is 7.34. The molecule has 1 atom stereocenters. The van der Waals surface area contributed by atoms with Crippen LogP contribution in [-0.4, -0.2) is 26.1 Å². The fourth-order valence-corrected chi connectivity index (χ4v) is 3.05. The highest BCUT2D eigenvalue weighted by Gasteiger charge is 2.19. The Labute approximate surface area is 122 Å². The van der Waals surface area contributed by atoms with Gasteiger partial charge < -0.3 is 9.47 Å². The van der Waals surface area contributed by atoms with E-state index in [9.17, 15) is 4.79 Å². The lowest BCUT2D eigenvalue weighted by atomic mass is 9.98. The number of halogens is 1. The lowest BCUT2D eigenvalue weighted by molar-refractivity contribution is -0.119. The summed E-state index contributed by atoms with van der Waals surface area (Å²) in [6.45, 7) is 3.37. The number of carbonyl (C=O) groups excluding carboxylic acids is 1. The average Bonchev–Trinajstić information content (AvgIpc) is 2.76. The van der Waals surface area contributed by atoms with E-state index in [2.05, 4.69) is 22.0 Å². The molecule has 0 aliphatic carbocycles. The van der Waals surface area contributed by atoms with Crippen LogP contribution in [0.25, 0.3) is 0 Å². The second-order valence-electron chi connectivity index (χ2n) is 5.13. The molecule has 2 rings (SSSR count). The van der Waals surface area contributed by atoms with Gasteiger partial charge in [0.1, 0.15) is 11.5 Å². The summed E-state index contributed by atoms with van der Waals surface area (Å²) in [5.74, 6) is 1.41. The second-order valence-corrected chi connectivity index (χ2v) is 6.05. The number of ether oxygens (including phenoxy) is 2. The molecule has 1 aromatic carbocycles. The smallest absolute Gasteiger partial charge is 0.137 e. The van der Waals surface area contributed by atoms with Crippen LogP contribution in [0.15, 0.2) is 16.6 Å². The maximum atomic E-state index is 12.1. The van der Waals surface area contributed by atoms with Crippen molar-refractivity contribution in [1.29, 1.82) is 0 Å². The predicted octanol–water partition coefficient (Wildman–Crippen LogP) is 3.17. The van der Waals surface area contributed by atoms with Gasteiger partial charge in [0.25, 0.3) is 0 Å². The summed E-state index contributed by atoms with van der Waals surface area (Å²) < 4.78 is 11.7. The monoisotopic (exact) mass is 326 g/mol. The average molecular weight is 327 g/mol. The van der Waals surface area contributed by atoms with E-state index in [1.807, 2.05) is 13.0 Å². The van der Waals surface area contributed by atoms with Gasteiger partial charge in [-0.1, -0.05) is 22.9 Å². The highest BCUT2D eigenvalue weighted by molar-refractivity contribution is 9.10. The number of fused-ring (bicyclic) bond motifs is 1. The van der Waals surface area contributed by atoms with Crippen molar-refractivity contribution in [3.8, 4) is 5.75 Å². The van der Waals surface area contributed by atoms with E-state index in [1.54, 1.807) is 7.11 Å². The van der Waals surface area contributed by atoms with Gasteiger partial charge in [-0.2, -0.15) is 0 Å². The molecule has 3 nitrogen and oxygen atoms in total. The van der Waals surface area contributed by atoms with E-state index in [0.717, 1.165) is 22.2 Å². The van der Waals surface area contributed by atoms with Gasteiger partial charge in [0, 0.05) is 43.0 Å². The van der Waals surface area contributed by atoms with Gasteiger partial charge in [-0.05, 0) is 23.6 Å². The van der Waals surface area contributed by atoms with Crippen molar-refractivity contribution in [2.75, 3.05) is 20.3 Å². The first kappa shape index (κ1) is 14.5. The second kappa shape index (κ2) is 6.53. The normalized spacial score (nSPS) is 14.9. The number of rotatable bonds is 6. The zero-order valence-corrected chi connectivity index (χ0v) is 13.0. The van der Waals surface area contributed by atoms with Crippen molar-refractivity contribution < 1.29 is 14.3 Å². The Bertz CT molecular complexity index is 471. The summed E-state index contributed by atoms with van der Waals surface area (Å²) in [5.41, 5.74) is 2.19. The zero-order valence-electron chi connectivity index (χ0n) is 11.4. The Kier molecular flexibility index (Phi) is 4.99. The standard InChI is InChI=1S/C15H19BrO3/c1-10(9-18-2)5-14(17)8-12-7-13(16)6-11-3-4-19-15(11)12/h6-7,10H,3-5,8-9H2,1-2H3. The molecule has 1 aromatic rings. The zero-order chi connectivity index (χ0) is 13.8. The third-order valence-electron chi connectivity index (χ3n) is 3.24. The fourth-order valence-electron chi connectivity index (χ4n) is 2.49. The van der Waals surface area contributed by atoms with Crippen LogP contribution in [0.2, 0.25) is 0 Å². The molecule has 0 fully saturated rings. The van der Waals surface area contributed by atoms with Gasteiger partial charge in [0.2, 0.25) is 0 Å². The van der Waals surface area contributed by atoms with Crippen molar-refractivity contribution in [1.82, 2.24) is 0 Å². The van der Waals surface area contributed by atoms with E-state index >= 15 is 0 Å². The summed E-state index contributed by atoms with van der Waals surface area (Å²) in [4.78, 5) is 12.1. The molecule has 0 radical (unpaired) electrons. The van der Waals surface area contributed by atoms with Gasteiger partial charge in [0.05, 0.1) is 6.61 Å². The van der Waals surface area contributed by atoms with Crippen LogP contribution in [-0.2, 0) is 22.4 Å². The van der Waals surface area contributed by atoms with Crippen molar-refractivity contribution in [3.63, 3.8) is 0 Å². The number of methoxy groups -OCH3 is 1. The molecular weight excluding hydrogens is 308 g/mol. The molecule has 1 unspecified atom stereocenters. The van der Waals surface area contributed by atoms with Crippen LogP contribution in [0.5, 0.6) is 5.75 Å². The Morgan fingerprint density at radius 3 is 3.05 bits per heavy atom. The van der Waals surface area contributed by atoms with Crippen LogP contribution < -0.4 is 4.74 Å². The molecule has 0 spiro atoms. The Balaban J connectivity index is 2.05. The van der Waals surface area contributed by atoms with E-state index in [0.29, 0.717) is 26.1 Å². The van der Waals surface area contributed by atoms with Crippen molar-refractivity contribution in [2.45, 2.75) is 26.2 Å². The number of hydrogen-bond acceptors (Lipinski definition) is 3. The highest BCUT2D eigenvalue weighted by atomic mass is 79.9. The summed E-state index contributed by atoms with van der Waals surface area (Å²) in [6.07, 6.45) is 1.92. The van der Waals surface area contributed by atoms with Crippen molar-refractivity contribution in [3.05, 3.63) is 27.7 Å². The molecule has 0 aromatic heterocycles. The topological polar surface area (TPSA) is 35.5 Å². The lowest BCUT2D eigenvalue weighted by Crippen LogP contribution is -2.12. The van der Waals surface area contributed by atoms with Gasteiger partial charge in [-0.3, -0.25) is 4.79 Å². The molecule has 0 saturated heterocycles. The lowest BCUT2D eigenvalue weighted by Gasteiger charge is -2.11. The summed E-state index contributed by atoms with van der Waals surface area (Å²) in [6, 6.07) is 4.06. The van der Waals surface area contributed by atoms with Gasteiger partial charge in [0.15, 0.2) is 0 Å². The number of carbonyl (C=O) groups is 1. The maximum Gasteiger partial charge on any atom is 0.137 e. The van der Waals surface area contributed by atoms with E-state index in [-0.39, 0.29) is 11.7 Å². The fraction of sp³-hybridized carbons (Fsp3) is 0.533. The van der Waals surface area contributed by atoms with Crippen LogP contribution in [0, 0.1) is 5.92 Å². The van der Waals surface area contributed by atoms with Gasteiger partial charge in [-0.15, -0.1) is 0 Å². The molecule has 0 amide bonds. The summed E-state index contributed by atoms with van der Waals surface area (Å²) in [7, 11) is 1.66. The molecule has 4 heteroatoms. The third-order valence-corrected chi connectivity index (χ3v) is 3.70. The van der Waals surface area contributed by atoms with Crippen LogP contribution in [0.3, 0.4) is 0 Å². The molecule has 104 valence electrons. The molecule has 1 heterocycles. The third kappa shape index (κ3) is 3.80. The van der Waals surface area contributed by atoms with Gasteiger partial charge in [-0.25, -0.2) is 0 Å². The minimum atomic E-state index is 0.236. The number of benzene rings is 1. The largest absolute Gasteiger partial charge is 0.493 e. The summed E-state index contributed by atoms with van der Waals surface area (Å²) >= 11 is 3.49. The molecule has 0 saturated carbocycles. The van der Waals surface area contributed by atoms with E-state index < -0.39 is 0 Å². The molecular formula is C15H19BrO3. The van der Waals surface area contributed by atoms with Crippen molar-refractivity contribution >= 4 is 21.7 Å². The van der Waals surface area contributed by atoms with E-state index in [4.69, 9.17) is 9.47 Å². The quantitative estimate of drug-likeness (QED) is 0.805. The minimum absolute atomic E-state index is 0.236. The summed E-state index contributed by atoms with van der Waals surface area (Å²) in [5, 5.41) is 0. The molecule has 1 aliphatic rings. The SMILES string of the molecule is COCC(C)CC(=O)Cc1cc(Br)cc2c1OCC2. The van der Waals surface area contributed by atoms with Gasteiger partial charge >= 0.3 is 0 Å². The molecule has 1 aliphatic heterocycles. The first-order chi connectivity index (χ1) is 9.10. The molecule has 19 heavy (non-hydrogen) atoms. The number of ketones is 1. The number of Topliss-reactive ketones (excluding diaryl/α,β-unsaturated/α-hetero) is 1. The number of hydrogen-bond donors (Lipinski definition) is 0. The first-order valence-electron chi connectivity index (χ1n) is 6.55. The van der Waals surface area contributed by atoms with Crippen LogP contribution in [0.1, 0.15) is 24.5 Å². The predicted molar refractivity (Wildman–Crippen MR) is 77.7 cm³/mol. The Hall–Kier alpha value is -0.870. The van der Waals surface area contributed by atoms with Crippen LogP contribution in [0.4, 0.5) is 0 Å². The van der Waals surface area contributed by atoms with Crippen molar-refractivity contribution in [2.24, 2.45) is 5.92 Å². The molecule has 0 bridgehead atoms. The Morgan fingerprint density at radius 1 is 1.53 bits per heavy atom. The Morgan fingerprint density at radius 2 is 2.32 bits per heavy atom.